The molecule has 1 N–H and O–H groups in total. The molecule has 1 amide bonds. The Kier molecular flexibility index (Phi) is 7.04. The highest BCUT2D eigenvalue weighted by Gasteiger charge is 2.51. The fraction of sp³-hybridized carbons (Fsp3) is 0.405. The summed E-state index contributed by atoms with van der Waals surface area (Å²) < 4.78 is 5.64. The molecule has 4 heterocycles. The topological polar surface area (TPSA) is 69.1 Å². The van der Waals surface area contributed by atoms with Crippen molar-refractivity contribution in [2.45, 2.75) is 59.2 Å². The maximum absolute atomic E-state index is 12.7. The predicted octanol–water partition coefficient (Wildman–Crippen LogP) is 6.92. The monoisotopic (exact) mass is 590 g/mol. The Balaban J connectivity index is 1.24. The van der Waals surface area contributed by atoms with Gasteiger partial charge in [-0.1, -0.05) is 54.6 Å². The lowest BCUT2D eigenvalue weighted by atomic mass is 9.79. The largest absolute Gasteiger partial charge is 0.508 e. The number of phenols is 1. The van der Waals surface area contributed by atoms with Gasteiger partial charge in [0.05, 0.1) is 5.69 Å². The highest BCUT2D eigenvalue weighted by Crippen LogP contribution is 2.45. The van der Waals surface area contributed by atoms with Gasteiger partial charge in [0.1, 0.15) is 17.2 Å². The fourth-order valence-corrected chi connectivity index (χ4v) is 7.45. The van der Waals surface area contributed by atoms with Crippen LogP contribution in [-0.2, 0) is 24.2 Å². The zero-order chi connectivity index (χ0) is 30.6. The lowest BCUT2D eigenvalue weighted by molar-refractivity contribution is -0.0266. The predicted molar refractivity (Wildman–Crippen MR) is 175 cm³/mol. The number of ether oxygens (including phenoxy) is 1. The van der Waals surface area contributed by atoms with Crippen LogP contribution in [0.2, 0.25) is 0 Å². The van der Waals surface area contributed by atoms with Crippen LogP contribution in [0.25, 0.3) is 21.9 Å². The van der Waals surface area contributed by atoms with Crippen molar-refractivity contribution in [1.29, 1.82) is 0 Å². The molecule has 0 unspecified atom stereocenters. The molecule has 1 aromatic heterocycles. The molecule has 228 valence electrons. The van der Waals surface area contributed by atoms with Gasteiger partial charge in [-0.05, 0) is 91.3 Å². The standard InChI is InChI=1S/C37H42N4O3/c1-25-33(30-12-8-11-27-19-28(42)13-14-29(27)30)31-15-17-39(20-26-9-6-5-7-10-26)21-32(31)38-34(25)40-18-16-37(22-40)23-41(24-37)35(43)44-36(2,3)4/h5-14,19,42H,15-18,20-24H2,1-4H3. The smallest absolute Gasteiger partial charge is 0.410 e. The summed E-state index contributed by atoms with van der Waals surface area (Å²) in [5, 5.41) is 12.4. The van der Waals surface area contributed by atoms with Gasteiger partial charge in [-0.3, -0.25) is 4.90 Å². The molecule has 3 aromatic carbocycles. The van der Waals surface area contributed by atoms with Gasteiger partial charge in [-0.15, -0.1) is 0 Å². The van der Waals surface area contributed by atoms with Crippen molar-refractivity contribution in [3.8, 4) is 16.9 Å². The Morgan fingerprint density at radius 3 is 2.57 bits per heavy atom. The molecule has 0 radical (unpaired) electrons. The van der Waals surface area contributed by atoms with Crippen LogP contribution in [0.5, 0.6) is 5.75 Å². The molecular weight excluding hydrogens is 548 g/mol. The van der Waals surface area contributed by atoms with Gasteiger partial charge in [-0.25, -0.2) is 9.78 Å². The third-order valence-corrected chi connectivity index (χ3v) is 9.48. The molecule has 4 aromatic rings. The molecule has 3 aliphatic rings. The van der Waals surface area contributed by atoms with Gasteiger partial charge in [0, 0.05) is 51.2 Å². The quantitative estimate of drug-likeness (QED) is 0.278. The average molecular weight is 591 g/mol. The number of anilines is 1. The number of hydrogen-bond acceptors (Lipinski definition) is 6. The van der Waals surface area contributed by atoms with E-state index in [1.807, 2.05) is 37.8 Å². The van der Waals surface area contributed by atoms with E-state index in [0.717, 1.165) is 80.9 Å². The first-order valence-corrected chi connectivity index (χ1v) is 15.8. The van der Waals surface area contributed by atoms with Crippen molar-refractivity contribution >= 4 is 22.7 Å². The Morgan fingerprint density at radius 1 is 1.00 bits per heavy atom. The van der Waals surface area contributed by atoms with Gasteiger partial charge in [0.25, 0.3) is 0 Å². The van der Waals surface area contributed by atoms with E-state index in [-0.39, 0.29) is 17.3 Å². The minimum absolute atomic E-state index is 0.0808. The van der Waals surface area contributed by atoms with Crippen LogP contribution in [0.3, 0.4) is 0 Å². The van der Waals surface area contributed by atoms with Crippen molar-refractivity contribution in [2.75, 3.05) is 37.6 Å². The second kappa shape index (κ2) is 10.8. The lowest BCUT2D eigenvalue weighted by Crippen LogP contribution is -2.60. The van der Waals surface area contributed by atoms with E-state index < -0.39 is 5.60 Å². The fourth-order valence-electron chi connectivity index (χ4n) is 7.45. The number of nitrogens with zero attached hydrogens (tertiary/aromatic N) is 4. The summed E-state index contributed by atoms with van der Waals surface area (Å²) in [7, 11) is 0. The van der Waals surface area contributed by atoms with Crippen LogP contribution in [0, 0.1) is 12.3 Å². The number of carbonyl (C=O) groups is 1. The van der Waals surface area contributed by atoms with Crippen molar-refractivity contribution in [3.63, 3.8) is 0 Å². The molecule has 7 heteroatoms. The zero-order valence-corrected chi connectivity index (χ0v) is 26.3. The first kappa shape index (κ1) is 28.7. The Bertz CT molecular complexity index is 1720. The highest BCUT2D eigenvalue weighted by molar-refractivity contribution is 5.99. The third-order valence-electron chi connectivity index (χ3n) is 9.48. The minimum atomic E-state index is -0.489. The summed E-state index contributed by atoms with van der Waals surface area (Å²) in [6.45, 7) is 13.9. The maximum Gasteiger partial charge on any atom is 0.410 e. The summed E-state index contributed by atoms with van der Waals surface area (Å²) >= 11 is 0. The molecule has 2 fully saturated rings. The molecular formula is C37H42N4O3. The molecule has 44 heavy (non-hydrogen) atoms. The number of rotatable bonds is 4. The Labute approximate surface area is 260 Å². The van der Waals surface area contributed by atoms with Crippen molar-refractivity contribution < 1.29 is 14.6 Å². The van der Waals surface area contributed by atoms with Crippen LogP contribution in [0.4, 0.5) is 10.6 Å². The molecule has 0 saturated carbocycles. The van der Waals surface area contributed by atoms with E-state index >= 15 is 0 Å². The van der Waals surface area contributed by atoms with E-state index in [0.29, 0.717) is 0 Å². The number of pyridine rings is 1. The Morgan fingerprint density at radius 2 is 1.80 bits per heavy atom. The minimum Gasteiger partial charge on any atom is -0.508 e. The normalized spacial score (nSPS) is 18.0. The summed E-state index contributed by atoms with van der Waals surface area (Å²) in [4.78, 5) is 24.9. The molecule has 7 rings (SSSR count). The van der Waals surface area contributed by atoms with E-state index in [4.69, 9.17) is 9.72 Å². The van der Waals surface area contributed by atoms with Crippen LogP contribution in [0.15, 0.2) is 66.7 Å². The number of aromatic hydroxyl groups is 1. The summed E-state index contributed by atoms with van der Waals surface area (Å²) in [6.07, 6.45) is 1.76. The summed E-state index contributed by atoms with van der Waals surface area (Å²) in [5.74, 6) is 1.34. The maximum atomic E-state index is 12.7. The van der Waals surface area contributed by atoms with Crippen molar-refractivity contribution in [2.24, 2.45) is 5.41 Å². The number of benzene rings is 3. The van der Waals surface area contributed by atoms with E-state index in [1.54, 1.807) is 6.07 Å². The van der Waals surface area contributed by atoms with Crippen LogP contribution in [0.1, 0.15) is 49.6 Å². The van der Waals surface area contributed by atoms with Crippen LogP contribution in [-0.4, -0.2) is 64.3 Å². The number of hydrogen-bond donors (Lipinski definition) is 1. The summed E-state index contributed by atoms with van der Waals surface area (Å²) in [6, 6.07) is 22.7. The number of phenolic OH excluding ortho intramolecular Hbond substituents is 1. The second-order valence-electron chi connectivity index (χ2n) is 14.0. The third kappa shape index (κ3) is 5.38. The SMILES string of the molecule is Cc1c(N2CCC3(CN(C(=O)OC(C)(C)C)C3)C2)nc2c(c1-c1cccc3cc(O)ccc13)CCN(Cc1ccccc1)C2. The second-order valence-corrected chi connectivity index (χ2v) is 14.0. The zero-order valence-electron chi connectivity index (χ0n) is 26.3. The molecule has 0 atom stereocenters. The van der Waals surface area contributed by atoms with E-state index in [9.17, 15) is 9.90 Å². The first-order chi connectivity index (χ1) is 21.1. The van der Waals surface area contributed by atoms with Gasteiger partial charge in [-0.2, -0.15) is 0 Å². The van der Waals surface area contributed by atoms with Crippen LogP contribution < -0.4 is 4.90 Å². The number of likely N-dealkylation sites (tertiary alicyclic amines) is 1. The Hall–Kier alpha value is -4.10. The molecule has 0 bridgehead atoms. The molecule has 2 saturated heterocycles. The van der Waals surface area contributed by atoms with Gasteiger partial charge < -0.3 is 19.6 Å². The molecule has 3 aliphatic heterocycles. The van der Waals surface area contributed by atoms with Crippen molar-refractivity contribution in [3.05, 3.63) is 89.1 Å². The number of fused-ring (bicyclic) bond motifs is 2. The van der Waals surface area contributed by atoms with Gasteiger partial charge in [0.15, 0.2) is 0 Å². The van der Waals surface area contributed by atoms with Gasteiger partial charge in [0.2, 0.25) is 0 Å². The summed E-state index contributed by atoms with van der Waals surface area (Å²) in [5.41, 5.74) is 7.09. The highest BCUT2D eigenvalue weighted by atomic mass is 16.6. The molecule has 7 nitrogen and oxygen atoms in total. The van der Waals surface area contributed by atoms with Crippen LogP contribution >= 0.6 is 0 Å². The van der Waals surface area contributed by atoms with Gasteiger partial charge >= 0.3 is 6.09 Å². The molecule has 1 spiro atoms. The average Bonchev–Trinajstić information content (AvgIpc) is 3.41. The molecule has 0 aliphatic carbocycles. The number of carbonyl (C=O) groups excluding carboxylic acids is 1. The van der Waals surface area contributed by atoms with E-state index in [1.165, 1.54) is 27.8 Å². The number of aromatic nitrogens is 1. The lowest BCUT2D eigenvalue weighted by Gasteiger charge is -2.47. The first-order valence-electron chi connectivity index (χ1n) is 15.8. The van der Waals surface area contributed by atoms with Crippen molar-refractivity contribution in [1.82, 2.24) is 14.8 Å². The number of amides is 1. The van der Waals surface area contributed by atoms with E-state index in [2.05, 4.69) is 65.3 Å².